The molecule has 0 N–H and O–H groups in total. The SMILES string of the molecule is CCCCCCc1ccc(-c2ccc(-c3ccc(-c4ccc([Si](C)(C)[Si](C)(C)[Si](C)(C)c5ccc(-c6ccc(-c7ccc(-c8ccc(CCCCCC)s8)s7)s6)s5)s4)s3)s2)s1. The molecule has 0 saturated carbocycles. The number of hydrogen-bond donors (Lipinski definition) is 0. The first-order valence-corrected chi connectivity index (χ1v) is 39.7. The van der Waals surface area contributed by atoms with Crippen molar-refractivity contribution in [1.29, 1.82) is 0 Å². The normalized spacial score (nSPS) is 12.6. The van der Waals surface area contributed by atoms with Gasteiger partial charge in [-0.3, -0.25) is 0 Å². The molecule has 0 atom stereocenters. The fourth-order valence-electron chi connectivity index (χ4n) is 8.16. The molecular weight excluding hydrogens is 941 g/mol. The van der Waals surface area contributed by atoms with Crippen LogP contribution in [0.1, 0.15) is 75.0 Å². The van der Waals surface area contributed by atoms with Crippen LogP contribution in [0.3, 0.4) is 0 Å². The third-order valence-corrected chi connectivity index (χ3v) is 68.4. The van der Waals surface area contributed by atoms with Crippen LogP contribution in [0.5, 0.6) is 0 Å². The van der Waals surface area contributed by atoms with E-state index in [2.05, 4.69) is 173 Å². The van der Waals surface area contributed by atoms with E-state index in [0.29, 0.717) is 0 Å². The molecule has 0 amide bonds. The van der Waals surface area contributed by atoms with E-state index in [4.69, 9.17) is 0 Å². The summed E-state index contributed by atoms with van der Waals surface area (Å²) in [6, 6.07) is 38.2. The third-order valence-electron chi connectivity index (χ3n) is 13.3. The first kappa shape index (κ1) is 45.8. The van der Waals surface area contributed by atoms with Gasteiger partial charge >= 0.3 is 0 Å². The third kappa shape index (κ3) is 9.93. The zero-order valence-electron chi connectivity index (χ0n) is 37.1. The van der Waals surface area contributed by atoms with Crippen molar-refractivity contribution in [3.63, 3.8) is 0 Å². The maximum absolute atomic E-state index is 2.76. The van der Waals surface area contributed by atoms with Crippen molar-refractivity contribution in [3.8, 4) is 58.5 Å². The zero-order chi connectivity index (χ0) is 42.8. The molecule has 0 nitrogen and oxygen atoms in total. The van der Waals surface area contributed by atoms with Crippen LogP contribution < -0.4 is 9.00 Å². The lowest BCUT2D eigenvalue weighted by atomic mass is 10.1. The van der Waals surface area contributed by atoms with Crippen LogP contribution in [-0.2, 0) is 12.8 Å². The predicted octanol–water partition coefficient (Wildman–Crippen LogP) is 18.8. The number of thiophene rings is 8. The summed E-state index contributed by atoms with van der Waals surface area (Å²) in [5.41, 5.74) is 0. The van der Waals surface area contributed by atoms with Crippen LogP contribution in [0, 0.1) is 0 Å². The van der Waals surface area contributed by atoms with Gasteiger partial charge in [-0.05, 0) is 120 Å². The number of rotatable bonds is 20. The summed E-state index contributed by atoms with van der Waals surface area (Å²) in [5, 5.41) is 0. The molecular formula is C50H60S8Si3. The van der Waals surface area contributed by atoms with Crippen molar-refractivity contribution in [2.24, 2.45) is 0 Å². The number of hydrogen-bond acceptors (Lipinski definition) is 8. The number of aryl methyl sites for hydroxylation is 2. The van der Waals surface area contributed by atoms with Crippen molar-refractivity contribution in [2.75, 3.05) is 0 Å². The Morgan fingerprint density at radius 3 is 0.869 bits per heavy atom. The molecule has 320 valence electrons. The van der Waals surface area contributed by atoms with Gasteiger partial charge in [-0.25, -0.2) is 0 Å². The summed E-state index contributed by atoms with van der Waals surface area (Å²) in [6.45, 7) is 20.9. The second-order valence-corrected chi connectivity index (χ2v) is 54.9. The molecule has 0 fully saturated rings. The van der Waals surface area contributed by atoms with Gasteiger partial charge < -0.3 is 0 Å². The standard InChI is InChI=1S/C50H60S8Si3/c1-9-11-13-15-17-35-19-21-37(51-35)39-23-25-41(53-39)43-27-29-45(55-43)47-31-33-49(57-47)59(3,4)61(7,8)60(5,6)50-34-32-48(58-50)46-30-28-44(56-46)42-26-24-40(54-42)38-22-20-36(52-38)18-16-14-12-10-2/h19-34H,9-18H2,1-8H3. The van der Waals surface area contributed by atoms with E-state index in [0.717, 1.165) is 0 Å². The molecule has 0 aliphatic carbocycles. The van der Waals surface area contributed by atoms with Gasteiger partial charge in [-0.2, -0.15) is 0 Å². The highest BCUT2D eigenvalue weighted by atomic mass is 32.1. The fourth-order valence-corrected chi connectivity index (χ4v) is 55.3. The molecule has 0 aliphatic rings. The first-order valence-electron chi connectivity index (χ1n) is 22.2. The Kier molecular flexibility index (Phi) is 14.9. The Balaban J connectivity index is 0.925. The summed E-state index contributed by atoms with van der Waals surface area (Å²) >= 11 is 16.0. The fraction of sp³-hybridized carbons (Fsp3) is 0.360. The Bertz CT molecular complexity index is 2460. The molecule has 8 aromatic rings. The van der Waals surface area contributed by atoms with Gasteiger partial charge in [0, 0.05) is 75.4 Å². The molecule has 8 rings (SSSR count). The molecule has 61 heavy (non-hydrogen) atoms. The Labute approximate surface area is 400 Å². The van der Waals surface area contributed by atoms with Crippen molar-refractivity contribution in [1.82, 2.24) is 0 Å². The van der Waals surface area contributed by atoms with Gasteiger partial charge in [-0.1, -0.05) is 104 Å². The molecule has 8 aromatic heterocycles. The average molecular weight is 1000 g/mol. The lowest BCUT2D eigenvalue weighted by Gasteiger charge is -2.47. The Morgan fingerprint density at radius 2 is 0.557 bits per heavy atom. The highest BCUT2D eigenvalue weighted by Crippen LogP contribution is 2.45. The monoisotopic (exact) mass is 1000 g/mol. The largest absolute Gasteiger partial charge is 0.144 e. The van der Waals surface area contributed by atoms with E-state index in [1.54, 1.807) is 9.00 Å². The van der Waals surface area contributed by atoms with Crippen molar-refractivity contribution >= 4 is 122 Å². The smallest absolute Gasteiger partial charge is 0.0844 e. The lowest BCUT2D eigenvalue weighted by molar-refractivity contribution is 0.670. The van der Waals surface area contributed by atoms with E-state index < -0.39 is 22.3 Å². The topological polar surface area (TPSA) is 0 Å². The maximum atomic E-state index is 2.76. The van der Waals surface area contributed by atoms with Gasteiger partial charge in [0.05, 0.1) is 15.2 Å². The second kappa shape index (κ2) is 19.8. The molecule has 0 aliphatic heterocycles. The van der Waals surface area contributed by atoms with Gasteiger partial charge in [0.2, 0.25) is 0 Å². The van der Waals surface area contributed by atoms with Gasteiger partial charge in [0.15, 0.2) is 0 Å². The minimum absolute atomic E-state index is 1.22. The van der Waals surface area contributed by atoms with Gasteiger partial charge in [0.1, 0.15) is 0 Å². The molecule has 0 saturated heterocycles. The van der Waals surface area contributed by atoms with E-state index in [-0.39, 0.29) is 0 Å². The Morgan fingerprint density at radius 1 is 0.295 bits per heavy atom. The van der Waals surface area contributed by atoms with E-state index in [1.165, 1.54) is 132 Å². The minimum Gasteiger partial charge on any atom is -0.144 e. The molecule has 0 bridgehead atoms. The molecule has 0 radical (unpaired) electrons. The average Bonchev–Trinajstić information content (AvgIpc) is 4.09. The second-order valence-electron chi connectivity index (χ2n) is 18.0. The quantitative estimate of drug-likeness (QED) is 0.0527. The molecule has 0 spiro atoms. The summed E-state index contributed by atoms with van der Waals surface area (Å²) in [6.07, 6.45) is 13.1. The van der Waals surface area contributed by atoms with E-state index in [9.17, 15) is 0 Å². The number of unbranched alkanes of at least 4 members (excludes halogenated alkanes) is 6. The summed E-state index contributed by atoms with van der Waals surface area (Å²) in [5.74, 6) is 0. The van der Waals surface area contributed by atoms with Gasteiger partial charge in [-0.15, -0.1) is 90.7 Å². The van der Waals surface area contributed by atoms with Crippen LogP contribution in [0.4, 0.5) is 0 Å². The van der Waals surface area contributed by atoms with Crippen molar-refractivity contribution in [3.05, 3.63) is 107 Å². The summed E-state index contributed by atoms with van der Waals surface area (Å²) in [7, 11) is -5.17. The van der Waals surface area contributed by atoms with Crippen LogP contribution in [0.15, 0.2) is 97.1 Å². The molecule has 0 aromatic carbocycles. The molecule has 11 heteroatoms. The minimum atomic E-state index is -1.75. The van der Waals surface area contributed by atoms with Crippen LogP contribution in [0.25, 0.3) is 58.5 Å². The summed E-state index contributed by atoms with van der Waals surface area (Å²) < 4.78 is 3.38. The van der Waals surface area contributed by atoms with E-state index >= 15 is 0 Å². The maximum Gasteiger partial charge on any atom is 0.0844 e. The summed E-state index contributed by atoms with van der Waals surface area (Å²) in [4.78, 5) is 20.0. The Hall–Kier alpha value is -1.75. The van der Waals surface area contributed by atoms with Crippen LogP contribution >= 0.6 is 90.7 Å². The van der Waals surface area contributed by atoms with Crippen molar-refractivity contribution in [2.45, 2.75) is 117 Å². The predicted molar refractivity (Wildman–Crippen MR) is 296 cm³/mol. The zero-order valence-corrected chi connectivity index (χ0v) is 46.6. The molecule has 8 heterocycles. The lowest BCUT2D eigenvalue weighted by Crippen LogP contribution is -2.77. The molecule has 0 unspecified atom stereocenters. The van der Waals surface area contributed by atoms with E-state index in [1.807, 2.05) is 68.0 Å². The van der Waals surface area contributed by atoms with Crippen LogP contribution in [-0.4, -0.2) is 22.3 Å². The highest BCUT2D eigenvalue weighted by Gasteiger charge is 2.55. The first-order chi connectivity index (χ1) is 29.4. The van der Waals surface area contributed by atoms with Crippen LogP contribution in [0.2, 0.25) is 39.3 Å². The van der Waals surface area contributed by atoms with Gasteiger partial charge in [0.25, 0.3) is 0 Å². The highest BCUT2D eigenvalue weighted by molar-refractivity contribution is 7.76. The van der Waals surface area contributed by atoms with Crippen molar-refractivity contribution < 1.29 is 0 Å².